The van der Waals surface area contributed by atoms with Gasteiger partial charge in [-0.2, -0.15) is 13.1 Å². The number of ether oxygens (including phenoxy) is 4. The summed E-state index contributed by atoms with van der Waals surface area (Å²) in [5.74, 6) is -4.06. The predicted molar refractivity (Wildman–Crippen MR) is 260 cm³/mol. The molecule has 0 saturated carbocycles. The molecule has 1 saturated heterocycles. The number of hydrogen-bond donors (Lipinski definition) is 6. The van der Waals surface area contributed by atoms with Crippen LogP contribution in [0.5, 0.6) is 0 Å². The number of nitrogens with one attached hydrogen (secondary N) is 5. The van der Waals surface area contributed by atoms with Crippen molar-refractivity contribution in [3.05, 3.63) is 34.5 Å². The second-order valence-electron chi connectivity index (χ2n) is 20.7. The normalized spacial score (nSPS) is 16.1. The number of anilines is 1. The zero-order valence-corrected chi connectivity index (χ0v) is 45.2. The van der Waals surface area contributed by atoms with Crippen LogP contribution < -0.4 is 31.3 Å². The maximum absolute atomic E-state index is 14.0. The molecule has 0 aromatic carbocycles. The number of thiazole rings is 2. The van der Waals surface area contributed by atoms with Crippen LogP contribution in [-0.4, -0.2) is 139 Å². The number of β-lactam (4-membered cyclic amide) rings is 1. The van der Waals surface area contributed by atoms with Gasteiger partial charge in [-0.3, -0.25) is 24.3 Å². The van der Waals surface area contributed by atoms with Crippen molar-refractivity contribution in [1.29, 1.82) is 0 Å². The second kappa shape index (κ2) is 22.1. The van der Waals surface area contributed by atoms with Gasteiger partial charge in [0.05, 0.1) is 36.6 Å². The van der Waals surface area contributed by atoms with E-state index in [-0.39, 0.29) is 33.1 Å². The SMILES string of the molecule is C[n+]1cc(-c2ncc(C(=O)NC[C@@H]3[C@H](NC(=O)/C(=N\OC(C)(C)C(=O)OC(C)(C)C)c4csc(NC(=O)OC(C)(C)C)n4)C(=O)N3S(=O)(=O)O)s2)cn1CC(CNC(=O)OC(C)(C)C)NC(=O)OC(C)(C)C. The number of alkyl carbamates (subject to hydrolysis) is 2. The number of oxime groups is 1. The van der Waals surface area contributed by atoms with Gasteiger partial charge in [0.15, 0.2) is 17.9 Å². The first-order valence-corrected chi connectivity index (χ1v) is 25.2. The molecule has 0 bridgehead atoms. The Kier molecular flexibility index (Phi) is 17.9. The summed E-state index contributed by atoms with van der Waals surface area (Å²) in [6.07, 6.45) is 2.39. The molecule has 72 heavy (non-hydrogen) atoms. The predicted octanol–water partition coefficient (Wildman–Crippen LogP) is 3.43. The molecule has 1 unspecified atom stereocenters. The number of aryl methyl sites for hydroxylation is 1. The van der Waals surface area contributed by atoms with Crippen LogP contribution in [0.3, 0.4) is 0 Å². The molecule has 0 radical (unpaired) electrons. The summed E-state index contributed by atoms with van der Waals surface area (Å²) in [5, 5.41) is 18.2. The standard InChI is InChI=1S/C43H63N11O15S3/c1-39(2,3)65-34(58)43(13,14)69-51-28(25-22-70-35(48-25)50-38(61)68-42(10,11)12)31(56)49-29-26(54(33(29)57)72(62,63)64)17-44-30(55)27-18-45-32(71-27)23-19-52(15)53(20-23)21-24(47-37(60)67-41(7,8)9)16-46-36(59)66-40(4,5)6/h18-20,22,24,26,29H,16-17,21H2,1-15H3,(H5-,44,46,47,48,49,50,55,56,59,60,61,62,63,64)/p+1/b51-28-/t24?,26-,29+/m1/s1. The Morgan fingerprint density at radius 3 is 2.03 bits per heavy atom. The Morgan fingerprint density at radius 2 is 1.44 bits per heavy atom. The molecular weight excluding hydrogens is 1010 g/mol. The fourth-order valence-corrected chi connectivity index (χ4v) is 8.40. The van der Waals surface area contributed by atoms with Gasteiger partial charge in [-0.25, -0.2) is 33.5 Å². The van der Waals surface area contributed by atoms with Crippen LogP contribution in [0, 0.1) is 0 Å². The molecule has 1 fully saturated rings. The Bertz CT molecular complexity index is 2670. The van der Waals surface area contributed by atoms with Crippen molar-refractivity contribution in [1.82, 2.24) is 40.2 Å². The highest BCUT2D eigenvalue weighted by Gasteiger charge is 2.54. The molecule has 6 N–H and O–H groups in total. The van der Waals surface area contributed by atoms with E-state index in [1.165, 1.54) is 25.4 Å². The van der Waals surface area contributed by atoms with E-state index in [9.17, 15) is 46.5 Å². The monoisotopic (exact) mass is 1070 g/mol. The molecule has 29 heteroatoms. The lowest BCUT2D eigenvalue weighted by molar-refractivity contribution is -0.753. The summed E-state index contributed by atoms with van der Waals surface area (Å²) in [4.78, 5) is 106. The van der Waals surface area contributed by atoms with E-state index in [1.807, 2.05) is 0 Å². The van der Waals surface area contributed by atoms with E-state index < -0.39 is 111 Å². The number of aromatic nitrogens is 4. The third kappa shape index (κ3) is 17.4. The van der Waals surface area contributed by atoms with Gasteiger partial charge in [0, 0.05) is 18.5 Å². The fraction of sp³-hybridized carbons (Fsp3) is 0.605. The molecule has 3 aromatic heterocycles. The molecule has 3 aromatic rings. The number of esters is 1. The number of nitrogens with zero attached hydrogens (tertiary/aromatic N) is 6. The summed E-state index contributed by atoms with van der Waals surface area (Å²) >= 11 is 1.81. The zero-order chi connectivity index (χ0) is 54.5. The third-order valence-corrected chi connectivity index (χ3v) is 11.8. The van der Waals surface area contributed by atoms with Crippen molar-refractivity contribution in [2.45, 2.75) is 150 Å². The minimum atomic E-state index is -5.23. The van der Waals surface area contributed by atoms with Crippen molar-refractivity contribution < 1.29 is 75.0 Å². The summed E-state index contributed by atoms with van der Waals surface area (Å²) < 4.78 is 59.7. The molecule has 1 aliphatic rings. The summed E-state index contributed by atoms with van der Waals surface area (Å²) in [6.45, 7) is 22.2. The van der Waals surface area contributed by atoms with Gasteiger partial charge in [0.1, 0.15) is 44.0 Å². The topological polar surface area (TPSA) is 330 Å². The van der Waals surface area contributed by atoms with Crippen LogP contribution in [0.2, 0.25) is 0 Å². The zero-order valence-electron chi connectivity index (χ0n) is 42.7. The van der Waals surface area contributed by atoms with Gasteiger partial charge in [0.25, 0.3) is 17.7 Å². The largest absolute Gasteiger partial charge is 0.457 e. The van der Waals surface area contributed by atoms with Crippen molar-refractivity contribution in [2.24, 2.45) is 12.2 Å². The Balaban J connectivity index is 1.54. The maximum Gasteiger partial charge on any atom is 0.413 e. The molecular formula is C43H64N11O15S3+. The molecule has 1 aliphatic heterocycles. The number of carbonyl (C=O) groups is 7. The summed E-state index contributed by atoms with van der Waals surface area (Å²) in [7, 11) is -3.51. The highest BCUT2D eigenvalue weighted by molar-refractivity contribution is 7.84. The Labute approximate surface area is 424 Å². The van der Waals surface area contributed by atoms with Crippen LogP contribution in [0.1, 0.15) is 112 Å². The van der Waals surface area contributed by atoms with Crippen LogP contribution in [0.25, 0.3) is 10.6 Å². The highest BCUT2D eigenvalue weighted by atomic mass is 32.2. The van der Waals surface area contributed by atoms with Gasteiger partial charge in [-0.15, -0.1) is 27.4 Å². The lowest BCUT2D eigenvalue weighted by Gasteiger charge is -2.44. The molecule has 26 nitrogen and oxygen atoms in total. The summed E-state index contributed by atoms with van der Waals surface area (Å²) in [5.41, 5.74) is -5.45. The third-order valence-electron chi connectivity index (χ3n) is 9.02. The van der Waals surface area contributed by atoms with Crippen LogP contribution in [0.4, 0.5) is 19.5 Å². The van der Waals surface area contributed by atoms with E-state index >= 15 is 0 Å². The van der Waals surface area contributed by atoms with Crippen molar-refractivity contribution in [2.75, 3.05) is 18.4 Å². The number of carbonyl (C=O) groups excluding carboxylic acids is 7. The van der Waals surface area contributed by atoms with E-state index in [1.54, 1.807) is 112 Å². The smallest absolute Gasteiger partial charge is 0.413 e. The minimum absolute atomic E-state index is 0.0333. The van der Waals surface area contributed by atoms with Crippen LogP contribution in [0.15, 0.2) is 29.1 Å². The lowest BCUT2D eigenvalue weighted by atomic mass is 9.98. The van der Waals surface area contributed by atoms with Crippen LogP contribution in [-0.2, 0) is 62.1 Å². The van der Waals surface area contributed by atoms with Gasteiger partial charge in [-0.1, -0.05) is 5.16 Å². The van der Waals surface area contributed by atoms with Gasteiger partial charge in [0.2, 0.25) is 11.8 Å². The molecule has 0 spiro atoms. The second-order valence-corrected chi connectivity index (χ2v) is 23.9. The maximum atomic E-state index is 14.0. The van der Waals surface area contributed by atoms with Crippen LogP contribution >= 0.6 is 22.7 Å². The molecule has 4 rings (SSSR count). The van der Waals surface area contributed by atoms with Gasteiger partial charge >= 0.3 is 34.6 Å². The Morgan fingerprint density at radius 1 is 0.861 bits per heavy atom. The number of rotatable bonds is 17. The molecule has 0 aliphatic carbocycles. The molecule has 398 valence electrons. The van der Waals surface area contributed by atoms with Gasteiger partial charge in [-0.05, 0) is 96.9 Å². The highest BCUT2D eigenvalue weighted by Crippen LogP contribution is 2.27. The first-order chi connectivity index (χ1) is 32.8. The molecule has 4 heterocycles. The lowest BCUT2D eigenvalue weighted by Crippen LogP contribution is -2.74. The van der Waals surface area contributed by atoms with E-state index in [0.717, 1.165) is 22.7 Å². The minimum Gasteiger partial charge on any atom is -0.457 e. The van der Waals surface area contributed by atoms with E-state index in [0.29, 0.717) is 10.6 Å². The first-order valence-electron chi connectivity index (χ1n) is 22.1. The van der Waals surface area contributed by atoms with Crippen molar-refractivity contribution >= 4 is 85.8 Å². The number of hydrogen-bond acceptors (Lipinski definition) is 19. The summed E-state index contributed by atoms with van der Waals surface area (Å²) in [6, 6.07) is -3.96. The Hall–Kier alpha value is -6.46. The number of amides is 6. The molecule has 3 atom stereocenters. The molecule has 6 amide bonds. The quantitative estimate of drug-likeness (QED) is 0.0214. The van der Waals surface area contributed by atoms with Crippen molar-refractivity contribution in [3.8, 4) is 10.6 Å². The van der Waals surface area contributed by atoms with E-state index in [2.05, 4.69) is 41.7 Å². The average molecular weight is 1070 g/mol. The van der Waals surface area contributed by atoms with E-state index in [4.69, 9.17) is 23.8 Å². The first kappa shape index (κ1) is 58.1. The van der Waals surface area contributed by atoms with Crippen molar-refractivity contribution in [3.63, 3.8) is 0 Å². The fourth-order valence-electron chi connectivity index (χ4n) is 6.04. The van der Waals surface area contributed by atoms with Gasteiger partial charge < -0.3 is 45.1 Å². The average Bonchev–Trinajstić information content (AvgIpc) is 3.95.